The fraction of sp³-hybridized carbons (Fsp3) is 0.0667. The number of pyridine rings is 2. The number of aromatic nitrogens is 3. The van der Waals surface area contributed by atoms with E-state index in [0.717, 1.165) is 0 Å². The molecule has 0 aliphatic carbocycles. The van der Waals surface area contributed by atoms with Crippen LogP contribution in [0.4, 0.5) is 5.69 Å². The van der Waals surface area contributed by atoms with E-state index in [4.69, 9.17) is 33.2 Å². The van der Waals surface area contributed by atoms with E-state index >= 15 is 0 Å². The largest absolute Gasteiger partial charge is 0.481 e. The summed E-state index contributed by atoms with van der Waals surface area (Å²) in [5.74, 6) is -0.151. The van der Waals surface area contributed by atoms with Crippen LogP contribution in [0.3, 0.4) is 0 Å². The van der Waals surface area contributed by atoms with Crippen LogP contribution < -0.4 is 14.8 Å². The van der Waals surface area contributed by atoms with Crippen molar-refractivity contribution >= 4 is 40.3 Å². The Kier molecular flexibility index (Phi) is 4.35. The summed E-state index contributed by atoms with van der Waals surface area (Å²) in [4.78, 5) is 12.7. The number of nitriles is 1. The van der Waals surface area contributed by atoms with Crippen molar-refractivity contribution in [2.75, 3.05) is 12.4 Å². The van der Waals surface area contributed by atoms with Gasteiger partial charge in [0.15, 0.2) is 5.69 Å². The number of hydrogen-bond donors (Lipinski definition) is 2. The van der Waals surface area contributed by atoms with Crippen molar-refractivity contribution in [3.8, 4) is 11.9 Å². The fourth-order valence-electron chi connectivity index (χ4n) is 2.27. The average molecular weight is 379 g/mol. The van der Waals surface area contributed by atoms with Crippen molar-refractivity contribution in [1.82, 2.24) is 9.61 Å². The molecule has 3 aromatic heterocycles. The molecule has 0 bridgehead atoms. The molecule has 0 aliphatic rings. The first kappa shape index (κ1) is 16.8. The SMILES string of the molecule is COc1ccc(C(=O)Nc2c(Cl)c[n+](O)cc2Cl)c2cc(C#N)nn12. The second-order valence-corrected chi connectivity index (χ2v) is 5.71. The van der Waals surface area contributed by atoms with Crippen molar-refractivity contribution < 1.29 is 19.5 Å². The Morgan fingerprint density at radius 1 is 1.40 bits per heavy atom. The molecule has 3 aromatic rings. The average Bonchev–Trinajstić information content (AvgIpc) is 3.01. The van der Waals surface area contributed by atoms with E-state index in [1.165, 1.54) is 36.2 Å². The number of fused-ring (bicyclic) bond motifs is 1. The standard InChI is InChI=1S/C15H9Cl2N5O3/c1-25-13-3-2-9(12-4-8(5-18)20-22(12)13)15(23)19-14-10(16)6-21(24)7-11(14)17/h2-4,6-7,24H,1H3/p+1. The normalized spacial score (nSPS) is 10.5. The molecule has 3 heterocycles. The van der Waals surface area contributed by atoms with E-state index in [0.29, 0.717) is 16.1 Å². The lowest BCUT2D eigenvalue weighted by atomic mass is 10.2. The summed E-state index contributed by atoms with van der Waals surface area (Å²) < 4.78 is 7.21. The highest BCUT2D eigenvalue weighted by atomic mass is 35.5. The number of methoxy groups -OCH3 is 1. The van der Waals surface area contributed by atoms with Crippen LogP contribution in [0.25, 0.3) is 5.52 Å². The van der Waals surface area contributed by atoms with Gasteiger partial charge in [0.2, 0.25) is 18.3 Å². The third-order valence-corrected chi connectivity index (χ3v) is 3.94. The minimum absolute atomic E-state index is 0.0547. The van der Waals surface area contributed by atoms with E-state index in [1.54, 1.807) is 6.07 Å². The quantitative estimate of drug-likeness (QED) is 0.537. The smallest absolute Gasteiger partial charge is 0.257 e. The molecule has 0 unspecified atom stereocenters. The van der Waals surface area contributed by atoms with Gasteiger partial charge in [0, 0.05) is 16.9 Å². The van der Waals surface area contributed by atoms with Crippen LogP contribution >= 0.6 is 23.2 Å². The maximum absolute atomic E-state index is 12.7. The van der Waals surface area contributed by atoms with Crippen molar-refractivity contribution in [2.45, 2.75) is 0 Å². The Morgan fingerprint density at radius 3 is 2.68 bits per heavy atom. The van der Waals surface area contributed by atoms with Crippen LogP contribution in [0.5, 0.6) is 5.88 Å². The highest BCUT2D eigenvalue weighted by Crippen LogP contribution is 2.29. The summed E-state index contributed by atoms with van der Waals surface area (Å²) in [6.45, 7) is 0. The number of amides is 1. The Bertz CT molecular complexity index is 1020. The zero-order chi connectivity index (χ0) is 18.1. The number of rotatable bonds is 3. The van der Waals surface area contributed by atoms with E-state index in [1.807, 2.05) is 6.07 Å². The first-order valence-electron chi connectivity index (χ1n) is 6.82. The van der Waals surface area contributed by atoms with Crippen LogP contribution in [0.15, 0.2) is 30.6 Å². The van der Waals surface area contributed by atoms with Crippen LogP contribution in [0.2, 0.25) is 10.0 Å². The zero-order valence-corrected chi connectivity index (χ0v) is 14.2. The Hall–Kier alpha value is -3.02. The van der Waals surface area contributed by atoms with Crippen LogP contribution in [-0.2, 0) is 0 Å². The number of ether oxygens (including phenoxy) is 1. The lowest BCUT2D eigenvalue weighted by molar-refractivity contribution is -0.904. The molecule has 3 rings (SSSR count). The first-order valence-corrected chi connectivity index (χ1v) is 7.58. The molecule has 10 heteroatoms. The van der Waals surface area contributed by atoms with Gasteiger partial charge in [0.25, 0.3) is 5.91 Å². The summed E-state index contributed by atoms with van der Waals surface area (Å²) in [6.07, 6.45) is 2.36. The number of nitrogens with zero attached hydrogens (tertiary/aromatic N) is 4. The second kappa shape index (κ2) is 6.47. The van der Waals surface area contributed by atoms with E-state index in [2.05, 4.69) is 10.4 Å². The lowest BCUT2D eigenvalue weighted by Gasteiger charge is -2.10. The lowest BCUT2D eigenvalue weighted by Crippen LogP contribution is -2.29. The molecule has 1 amide bonds. The molecule has 0 aliphatic heterocycles. The molecule has 2 N–H and O–H groups in total. The summed E-state index contributed by atoms with van der Waals surface area (Å²) in [5.41, 5.74) is 0.903. The first-order chi connectivity index (χ1) is 11.9. The van der Waals surface area contributed by atoms with Gasteiger partial charge in [-0.25, -0.2) is 0 Å². The Balaban J connectivity index is 2.07. The number of carbonyl (C=O) groups excluding carboxylic acids is 1. The fourth-order valence-corrected chi connectivity index (χ4v) is 2.81. The van der Waals surface area contributed by atoms with Crippen LogP contribution in [-0.4, -0.2) is 27.8 Å². The zero-order valence-electron chi connectivity index (χ0n) is 12.7. The molecule has 0 aromatic carbocycles. The Labute approximate surface area is 151 Å². The summed E-state index contributed by atoms with van der Waals surface area (Å²) in [7, 11) is 1.45. The molecule has 25 heavy (non-hydrogen) atoms. The van der Waals surface area contributed by atoms with Gasteiger partial charge in [-0.05, 0) is 6.07 Å². The van der Waals surface area contributed by atoms with Crippen molar-refractivity contribution in [3.05, 3.63) is 51.9 Å². The molecular weight excluding hydrogens is 369 g/mol. The molecule has 0 spiro atoms. The summed E-state index contributed by atoms with van der Waals surface area (Å²) in [6, 6.07) is 6.46. The van der Waals surface area contributed by atoms with Crippen LogP contribution in [0, 0.1) is 11.3 Å². The van der Waals surface area contributed by atoms with Gasteiger partial charge in [0.05, 0.1) is 23.9 Å². The maximum Gasteiger partial charge on any atom is 0.257 e. The molecule has 0 fully saturated rings. The minimum atomic E-state index is -0.517. The van der Waals surface area contributed by atoms with Crippen molar-refractivity contribution in [1.29, 1.82) is 5.26 Å². The monoisotopic (exact) mass is 378 g/mol. The maximum atomic E-state index is 12.7. The number of halogens is 2. The van der Waals surface area contributed by atoms with Crippen molar-refractivity contribution in [2.24, 2.45) is 0 Å². The third-order valence-electron chi connectivity index (χ3n) is 3.36. The Morgan fingerprint density at radius 2 is 2.08 bits per heavy atom. The number of nitrogens with one attached hydrogen (secondary N) is 1. The van der Waals surface area contributed by atoms with Gasteiger partial charge in [-0.3, -0.25) is 10.0 Å². The van der Waals surface area contributed by atoms with Gasteiger partial charge in [-0.2, -0.15) is 14.9 Å². The minimum Gasteiger partial charge on any atom is -0.481 e. The molecule has 126 valence electrons. The predicted molar refractivity (Wildman–Crippen MR) is 88.3 cm³/mol. The predicted octanol–water partition coefficient (Wildman–Crippen LogP) is 2.30. The van der Waals surface area contributed by atoms with Gasteiger partial charge in [0.1, 0.15) is 16.1 Å². The summed E-state index contributed by atoms with van der Waals surface area (Å²) >= 11 is 12.0. The second-order valence-electron chi connectivity index (χ2n) is 4.89. The molecule has 0 radical (unpaired) electrons. The molecule has 0 saturated heterocycles. The van der Waals surface area contributed by atoms with E-state index in [-0.39, 0.29) is 27.0 Å². The van der Waals surface area contributed by atoms with Gasteiger partial charge in [-0.15, -0.1) is 0 Å². The molecule has 8 nitrogen and oxygen atoms in total. The highest BCUT2D eigenvalue weighted by molar-refractivity contribution is 6.39. The number of hydrogen-bond acceptors (Lipinski definition) is 5. The highest BCUT2D eigenvalue weighted by Gasteiger charge is 2.20. The number of carbonyl (C=O) groups is 1. The number of anilines is 1. The van der Waals surface area contributed by atoms with Gasteiger partial charge in [-0.1, -0.05) is 23.2 Å². The van der Waals surface area contributed by atoms with E-state index < -0.39 is 5.91 Å². The van der Waals surface area contributed by atoms with E-state index in [9.17, 15) is 10.0 Å². The molecular formula is C15H10Cl2N5O3+. The third kappa shape index (κ3) is 3.03. The van der Waals surface area contributed by atoms with Crippen molar-refractivity contribution in [3.63, 3.8) is 0 Å². The summed E-state index contributed by atoms with van der Waals surface area (Å²) in [5, 5.41) is 25.2. The van der Waals surface area contributed by atoms with Gasteiger partial charge < -0.3 is 10.1 Å². The molecule has 0 saturated carbocycles. The molecule has 0 atom stereocenters. The van der Waals surface area contributed by atoms with Gasteiger partial charge >= 0.3 is 0 Å². The topological polar surface area (TPSA) is 104 Å². The van der Waals surface area contributed by atoms with Crippen LogP contribution in [0.1, 0.15) is 16.1 Å².